The molecule has 1 atom stereocenters. The number of thiophene rings is 1. The smallest absolute Gasteiger partial charge is 0.405 e. The molecule has 2 N–H and O–H groups in total. The molecule has 1 aromatic rings. The van der Waals surface area contributed by atoms with Crippen molar-refractivity contribution in [2.45, 2.75) is 30.9 Å². The van der Waals surface area contributed by atoms with Crippen LogP contribution in [0.4, 0.5) is 4.79 Å². The maximum Gasteiger partial charge on any atom is 0.405 e. The summed E-state index contributed by atoms with van der Waals surface area (Å²) in [6, 6.07) is 2.06. The number of carboxylic acid groups (broad SMARTS) is 1. The number of amides is 1. The molecule has 0 bridgehead atoms. The van der Waals surface area contributed by atoms with Crippen molar-refractivity contribution in [3.63, 3.8) is 0 Å². The quantitative estimate of drug-likeness (QED) is 0.831. The third-order valence-electron chi connectivity index (χ3n) is 3.32. The Morgan fingerprint density at radius 2 is 2.44 bits per heavy atom. The van der Waals surface area contributed by atoms with Gasteiger partial charge in [-0.05, 0) is 29.9 Å². The largest absolute Gasteiger partial charge is 0.465 e. The monoisotopic (exact) mass is 239 g/mol. The summed E-state index contributed by atoms with van der Waals surface area (Å²) in [5.74, 6) is 0. The second kappa shape index (κ2) is 3.46. The fraction of sp³-hybridized carbons (Fsp3) is 0.545. The van der Waals surface area contributed by atoms with Crippen LogP contribution in [0.15, 0.2) is 11.4 Å². The van der Waals surface area contributed by atoms with Crippen molar-refractivity contribution in [2.75, 3.05) is 6.61 Å². The molecular formula is C11H13NO3S. The Kier molecular flexibility index (Phi) is 2.19. The topological polar surface area (TPSA) is 58.6 Å². The fourth-order valence-corrected chi connectivity index (χ4v) is 3.30. The van der Waals surface area contributed by atoms with Crippen molar-refractivity contribution in [3.05, 3.63) is 21.9 Å². The SMILES string of the molecule is O=C(O)NC1(C2OCCc3sccc32)CC1. The van der Waals surface area contributed by atoms with Gasteiger partial charge in [-0.3, -0.25) is 0 Å². The normalized spacial score (nSPS) is 25.9. The molecule has 1 unspecified atom stereocenters. The number of hydrogen-bond donors (Lipinski definition) is 2. The van der Waals surface area contributed by atoms with E-state index in [-0.39, 0.29) is 11.6 Å². The Morgan fingerprint density at radius 1 is 1.62 bits per heavy atom. The fourth-order valence-electron chi connectivity index (χ4n) is 2.40. The van der Waals surface area contributed by atoms with Crippen LogP contribution in [-0.2, 0) is 11.2 Å². The van der Waals surface area contributed by atoms with Gasteiger partial charge in [-0.25, -0.2) is 4.79 Å². The van der Waals surface area contributed by atoms with Crippen LogP contribution in [0.1, 0.15) is 29.4 Å². The summed E-state index contributed by atoms with van der Waals surface area (Å²) in [7, 11) is 0. The number of ether oxygens (including phenoxy) is 1. The summed E-state index contributed by atoms with van der Waals surface area (Å²) in [5.41, 5.74) is 0.824. The van der Waals surface area contributed by atoms with E-state index >= 15 is 0 Å². The predicted octanol–water partition coefficient (Wildman–Crippen LogP) is 2.16. The van der Waals surface area contributed by atoms with Gasteiger partial charge in [0, 0.05) is 11.3 Å². The summed E-state index contributed by atoms with van der Waals surface area (Å²) < 4.78 is 5.77. The first-order valence-electron chi connectivity index (χ1n) is 5.40. The molecule has 0 saturated heterocycles. The highest BCUT2D eigenvalue weighted by molar-refractivity contribution is 7.10. The summed E-state index contributed by atoms with van der Waals surface area (Å²) in [6.45, 7) is 0.696. The number of rotatable bonds is 2. The van der Waals surface area contributed by atoms with Crippen LogP contribution in [0.5, 0.6) is 0 Å². The highest BCUT2D eigenvalue weighted by Gasteiger charge is 2.53. The van der Waals surface area contributed by atoms with Gasteiger partial charge in [0.15, 0.2) is 0 Å². The van der Waals surface area contributed by atoms with Gasteiger partial charge in [0.2, 0.25) is 0 Å². The van der Waals surface area contributed by atoms with Crippen molar-refractivity contribution >= 4 is 17.4 Å². The number of carbonyl (C=O) groups is 1. The van der Waals surface area contributed by atoms with E-state index in [0.29, 0.717) is 6.61 Å². The summed E-state index contributed by atoms with van der Waals surface area (Å²) in [4.78, 5) is 12.1. The molecule has 1 amide bonds. The molecule has 2 heterocycles. The van der Waals surface area contributed by atoms with Crippen LogP contribution in [0.3, 0.4) is 0 Å². The lowest BCUT2D eigenvalue weighted by molar-refractivity contribution is 0.00921. The molecule has 1 fully saturated rings. The van der Waals surface area contributed by atoms with Gasteiger partial charge >= 0.3 is 6.09 Å². The van der Waals surface area contributed by atoms with Gasteiger partial charge in [-0.1, -0.05) is 0 Å². The van der Waals surface area contributed by atoms with Crippen molar-refractivity contribution < 1.29 is 14.6 Å². The Labute approximate surface area is 97.2 Å². The van der Waals surface area contributed by atoms with Crippen molar-refractivity contribution in [1.82, 2.24) is 5.32 Å². The molecule has 5 heteroatoms. The van der Waals surface area contributed by atoms with E-state index in [2.05, 4.69) is 16.8 Å². The molecule has 4 nitrogen and oxygen atoms in total. The van der Waals surface area contributed by atoms with Crippen molar-refractivity contribution in [1.29, 1.82) is 0 Å². The van der Waals surface area contributed by atoms with E-state index in [0.717, 1.165) is 19.3 Å². The van der Waals surface area contributed by atoms with Gasteiger partial charge < -0.3 is 15.2 Å². The molecule has 1 aromatic heterocycles. The summed E-state index contributed by atoms with van der Waals surface area (Å²) in [6.07, 6.45) is 1.66. The third-order valence-corrected chi connectivity index (χ3v) is 4.32. The molecule has 1 saturated carbocycles. The first-order chi connectivity index (χ1) is 7.71. The van der Waals surface area contributed by atoms with E-state index < -0.39 is 6.09 Å². The van der Waals surface area contributed by atoms with E-state index in [4.69, 9.17) is 9.84 Å². The standard InChI is InChI=1S/C11H13NO3S/c13-10(14)12-11(3-4-11)9-7-2-6-16-8(7)1-5-15-9/h2,6,9,12H,1,3-5H2,(H,13,14). The molecular weight excluding hydrogens is 226 g/mol. The van der Waals surface area contributed by atoms with Gasteiger partial charge in [0.05, 0.1) is 12.1 Å². The van der Waals surface area contributed by atoms with Gasteiger partial charge in [0.25, 0.3) is 0 Å². The third kappa shape index (κ3) is 1.51. The van der Waals surface area contributed by atoms with E-state index in [1.165, 1.54) is 10.4 Å². The average molecular weight is 239 g/mol. The Morgan fingerprint density at radius 3 is 3.12 bits per heavy atom. The van der Waals surface area contributed by atoms with Crippen molar-refractivity contribution in [2.24, 2.45) is 0 Å². The maximum atomic E-state index is 10.8. The lowest BCUT2D eigenvalue weighted by Crippen LogP contribution is -2.43. The Bertz CT molecular complexity index is 425. The molecule has 0 radical (unpaired) electrons. The van der Waals surface area contributed by atoms with Gasteiger partial charge in [-0.2, -0.15) is 0 Å². The first-order valence-corrected chi connectivity index (χ1v) is 6.28. The predicted molar refractivity (Wildman–Crippen MR) is 59.8 cm³/mol. The summed E-state index contributed by atoms with van der Waals surface area (Å²) in [5, 5.41) is 13.5. The molecule has 16 heavy (non-hydrogen) atoms. The summed E-state index contributed by atoms with van der Waals surface area (Å²) >= 11 is 1.74. The zero-order chi connectivity index (χ0) is 11.2. The lowest BCUT2D eigenvalue weighted by atomic mass is 9.98. The van der Waals surface area contributed by atoms with Crippen LogP contribution < -0.4 is 5.32 Å². The number of fused-ring (bicyclic) bond motifs is 1. The van der Waals surface area contributed by atoms with Gasteiger partial charge in [0.1, 0.15) is 6.10 Å². The zero-order valence-corrected chi connectivity index (χ0v) is 9.55. The Balaban J connectivity index is 1.89. The van der Waals surface area contributed by atoms with E-state index in [1.54, 1.807) is 11.3 Å². The van der Waals surface area contributed by atoms with Crippen LogP contribution in [-0.4, -0.2) is 23.3 Å². The zero-order valence-electron chi connectivity index (χ0n) is 8.73. The van der Waals surface area contributed by atoms with E-state index in [1.807, 2.05) is 0 Å². The average Bonchev–Trinajstić information content (AvgIpc) is 2.85. The molecule has 3 rings (SSSR count). The first kappa shape index (κ1) is 10.1. The van der Waals surface area contributed by atoms with Crippen molar-refractivity contribution in [3.8, 4) is 0 Å². The minimum absolute atomic E-state index is 0.0846. The molecule has 0 aromatic carbocycles. The minimum atomic E-state index is -0.955. The lowest BCUT2D eigenvalue weighted by Gasteiger charge is -2.30. The molecule has 86 valence electrons. The molecule has 1 aliphatic heterocycles. The van der Waals surface area contributed by atoms with E-state index in [9.17, 15) is 4.79 Å². The number of nitrogens with one attached hydrogen (secondary N) is 1. The highest BCUT2D eigenvalue weighted by Crippen LogP contribution is 2.50. The molecule has 1 aliphatic carbocycles. The highest BCUT2D eigenvalue weighted by atomic mass is 32.1. The minimum Gasteiger partial charge on any atom is -0.465 e. The van der Waals surface area contributed by atoms with Crippen LogP contribution in [0, 0.1) is 0 Å². The maximum absolute atomic E-state index is 10.8. The molecule has 2 aliphatic rings. The Hall–Kier alpha value is -1.07. The van der Waals surface area contributed by atoms with Crippen LogP contribution in [0.25, 0.3) is 0 Å². The second-order valence-electron chi connectivity index (χ2n) is 4.39. The van der Waals surface area contributed by atoms with Gasteiger partial charge in [-0.15, -0.1) is 11.3 Å². The van der Waals surface area contributed by atoms with Crippen LogP contribution in [0.2, 0.25) is 0 Å². The molecule has 0 spiro atoms. The second-order valence-corrected chi connectivity index (χ2v) is 5.39. The van der Waals surface area contributed by atoms with Crippen LogP contribution >= 0.6 is 11.3 Å². The number of hydrogen-bond acceptors (Lipinski definition) is 3.